The van der Waals surface area contributed by atoms with Crippen LogP contribution in [0.25, 0.3) is 0 Å². The smallest absolute Gasteiger partial charge is 0.414 e. The molecule has 2 amide bonds. The first kappa shape index (κ1) is 20.1. The highest BCUT2D eigenvalue weighted by Gasteiger charge is 2.25. The van der Waals surface area contributed by atoms with Crippen molar-refractivity contribution in [2.45, 2.75) is 59.2 Å². The Morgan fingerprint density at radius 2 is 1.54 bits per heavy atom. The van der Waals surface area contributed by atoms with Crippen LogP contribution in [0.15, 0.2) is 35.6 Å². The molecule has 0 aromatic heterocycles. The number of ether oxygens (including phenoxy) is 2. The fourth-order valence-electron chi connectivity index (χ4n) is 2.61. The van der Waals surface area contributed by atoms with Crippen molar-refractivity contribution in [2.75, 3.05) is 19.6 Å². The van der Waals surface area contributed by atoms with E-state index >= 15 is 0 Å². The number of hydrogen-bond donors (Lipinski definition) is 0. The van der Waals surface area contributed by atoms with Crippen molar-refractivity contribution >= 4 is 12.2 Å². The van der Waals surface area contributed by atoms with Crippen LogP contribution in [-0.2, 0) is 9.47 Å². The van der Waals surface area contributed by atoms with E-state index in [1.54, 1.807) is 16.0 Å². The van der Waals surface area contributed by atoms with Crippen molar-refractivity contribution in [2.24, 2.45) is 0 Å². The maximum Gasteiger partial charge on any atom is 0.414 e. The molecule has 0 fully saturated rings. The number of allylic oxidation sites excluding steroid dienone is 2. The lowest BCUT2D eigenvalue weighted by atomic mass is 9.98. The molecule has 144 valence electrons. The first-order valence-electron chi connectivity index (χ1n) is 9.00. The van der Waals surface area contributed by atoms with E-state index in [0.29, 0.717) is 19.6 Å². The highest BCUT2D eigenvalue weighted by molar-refractivity contribution is 5.71. The van der Waals surface area contributed by atoms with Crippen molar-refractivity contribution in [3.63, 3.8) is 0 Å². The van der Waals surface area contributed by atoms with E-state index in [0.717, 1.165) is 12.0 Å². The van der Waals surface area contributed by atoms with Gasteiger partial charge in [0, 0.05) is 25.8 Å². The molecule has 0 spiro atoms. The Morgan fingerprint density at radius 1 is 0.923 bits per heavy atom. The number of carbonyl (C=O) groups is 2. The molecule has 2 rings (SSSR count). The SMILES string of the molecule is CC(C)(C)OC(=O)N1C=CC(C2=CCN(C(=O)OC(C)(C)C)CC2)=CC1. The maximum absolute atomic E-state index is 12.1. The quantitative estimate of drug-likeness (QED) is 0.700. The lowest BCUT2D eigenvalue weighted by Gasteiger charge is -2.30. The summed E-state index contributed by atoms with van der Waals surface area (Å²) in [5.74, 6) is 0. The van der Waals surface area contributed by atoms with Crippen molar-refractivity contribution in [1.29, 1.82) is 0 Å². The van der Waals surface area contributed by atoms with Crippen LogP contribution in [0.1, 0.15) is 48.0 Å². The lowest BCUT2D eigenvalue weighted by molar-refractivity contribution is 0.0264. The van der Waals surface area contributed by atoms with Gasteiger partial charge in [0.2, 0.25) is 0 Å². The molecule has 0 aromatic rings. The maximum atomic E-state index is 12.1. The van der Waals surface area contributed by atoms with E-state index in [-0.39, 0.29) is 12.2 Å². The fourth-order valence-corrected chi connectivity index (χ4v) is 2.61. The van der Waals surface area contributed by atoms with Crippen LogP contribution in [0.4, 0.5) is 9.59 Å². The summed E-state index contributed by atoms with van der Waals surface area (Å²) in [6, 6.07) is 0. The van der Waals surface area contributed by atoms with E-state index in [1.807, 2.05) is 59.8 Å². The summed E-state index contributed by atoms with van der Waals surface area (Å²) in [5.41, 5.74) is 1.28. The topological polar surface area (TPSA) is 59.1 Å². The molecule has 0 aliphatic carbocycles. The van der Waals surface area contributed by atoms with Gasteiger partial charge < -0.3 is 14.4 Å². The fraction of sp³-hybridized carbons (Fsp3) is 0.600. The predicted octanol–water partition coefficient (Wildman–Crippen LogP) is 4.24. The van der Waals surface area contributed by atoms with E-state index in [1.165, 1.54) is 5.57 Å². The Labute approximate surface area is 156 Å². The van der Waals surface area contributed by atoms with Crippen LogP contribution in [0, 0.1) is 0 Å². The second kappa shape index (κ2) is 7.56. The zero-order valence-corrected chi connectivity index (χ0v) is 16.7. The zero-order valence-electron chi connectivity index (χ0n) is 16.7. The third kappa shape index (κ3) is 5.93. The number of nitrogens with zero attached hydrogens (tertiary/aromatic N) is 2. The third-order valence-corrected chi connectivity index (χ3v) is 3.80. The van der Waals surface area contributed by atoms with Crippen LogP contribution < -0.4 is 0 Å². The molecular formula is C20H30N2O4. The van der Waals surface area contributed by atoms with Gasteiger partial charge in [-0.2, -0.15) is 0 Å². The van der Waals surface area contributed by atoms with Crippen molar-refractivity contribution < 1.29 is 19.1 Å². The van der Waals surface area contributed by atoms with Gasteiger partial charge in [0.1, 0.15) is 11.2 Å². The molecule has 0 bridgehead atoms. The predicted molar refractivity (Wildman–Crippen MR) is 101 cm³/mol. The molecule has 2 aliphatic rings. The Kier molecular flexibility index (Phi) is 5.84. The molecule has 6 heteroatoms. The molecule has 0 N–H and O–H groups in total. The van der Waals surface area contributed by atoms with Crippen LogP contribution in [0.5, 0.6) is 0 Å². The number of rotatable bonds is 1. The zero-order chi connectivity index (χ0) is 19.5. The third-order valence-electron chi connectivity index (χ3n) is 3.80. The summed E-state index contributed by atoms with van der Waals surface area (Å²) in [4.78, 5) is 27.4. The van der Waals surface area contributed by atoms with Crippen LogP contribution >= 0.6 is 0 Å². The van der Waals surface area contributed by atoms with Gasteiger partial charge in [0.25, 0.3) is 0 Å². The van der Waals surface area contributed by atoms with Gasteiger partial charge in [-0.05, 0) is 65.2 Å². The van der Waals surface area contributed by atoms with Crippen LogP contribution in [0.2, 0.25) is 0 Å². The van der Waals surface area contributed by atoms with Gasteiger partial charge in [0.05, 0.1) is 0 Å². The van der Waals surface area contributed by atoms with Crippen molar-refractivity contribution in [3.05, 3.63) is 35.6 Å². The second-order valence-electron chi connectivity index (χ2n) is 8.51. The Morgan fingerprint density at radius 3 is 2.00 bits per heavy atom. The van der Waals surface area contributed by atoms with Gasteiger partial charge in [-0.1, -0.05) is 12.2 Å². The molecule has 0 unspecified atom stereocenters. The molecule has 6 nitrogen and oxygen atoms in total. The largest absolute Gasteiger partial charge is 0.444 e. The summed E-state index contributed by atoms with van der Waals surface area (Å²) in [6.45, 7) is 12.8. The highest BCUT2D eigenvalue weighted by atomic mass is 16.6. The van der Waals surface area contributed by atoms with E-state index in [9.17, 15) is 9.59 Å². The van der Waals surface area contributed by atoms with Gasteiger partial charge in [-0.15, -0.1) is 0 Å². The minimum absolute atomic E-state index is 0.280. The second-order valence-corrected chi connectivity index (χ2v) is 8.51. The average Bonchev–Trinajstić information content (AvgIpc) is 2.52. The molecule has 0 atom stereocenters. The average molecular weight is 362 g/mol. The standard InChI is InChI=1S/C20H30N2O4/c1-19(2,3)25-17(23)21-11-7-15(8-12-21)16-9-13-22(14-10-16)18(24)26-20(4,5)6/h7-9,11H,10,12-14H2,1-6H3. The minimum Gasteiger partial charge on any atom is -0.444 e. The van der Waals surface area contributed by atoms with Gasteiger partial charge >= 0.3 is 12.2 Å². The summed E-state index contributed by atoms with van der Waals surface area (Å²) in [5, 5.41) is 0. The number of hydrogen-bond acceptors (Lipinski definition) is 4. The molecule has 0 aromatic carbocycles. The summed E-state index contributed by atoms with van der Waals surface area (Å²) < 4.78 is 10.8. The van der Waals surface area contributed by atoms with E-state index in [2.05, 4.69) is 0 Å². The number of amides is 2. The summed E-state index contributed by atoms with van der Waals surface area (Å²) in [7, 11) is 0. The number of carbonyl (C=O) groups excluding carboxylic acids is 2. The molecule has 0 saturated carbocycles. The normalized spacial score (nSPS) is 18.2. The Hall–Kier alpha value is -2.24. The molecule has 26 heavy (non-hydrogen) atoms. The molecule has 2 heterocycles. The van der Waals surface area contributed by atoms with Crippen molar-refractivity contribution in [1.82, 2.24) is 9.80 Å². The molecule has 2 aliphatic heterocycles. The summed E-state index contributed by atoms with van der Waals surface area (Å²) >= 11 is 0. The van der Waals surface area contributed by atoms with Crippen molar-refractivity contribution in [3.8, 4) is 0 Å². The lowest BCUT2D eigenvalue weighted by Crippen LogP contribution is -2.39. The molecule has 0 radical (unpaired) electrons. The highest BCUT2D eigenvalue weighted by Crippen LogP contribution is 2.24. The minimum atomic E-state index is -0.508. The van der Waals surface area contributed by atoms with Crippen LogP contribution in [-0.4, -0.2) is 52.8 Å². The Bertz CT molecular complexity index is 648. The molecular weight excluding hydrogens is 332 g/mol. The van der Waals surface area contributed by atoms with E-state index < -0.39 is 11.2 Å². The van der Waals surface area contributed by atoms with Crippen LogP contribution in [0.3, 0.4) is 0 Å². The summed E-state index contributed by atoms with van der Waals surface area (Å²) in [6.07, 6.45) is 7.87. The van der Waals surface area contributed by atoms with E-state index in [4.69, 9.17) is 9.47 Å². The Balaban J connectivity index is 1.91. The van der Waals surface area contributed by atoms with Gasteiger partial charge in [-0.25, -0.2) is 9.59 Å². The van der Waals surface area contributed by atoms with Gasteiger partial charge in [0.15, 0.2) is 0 Å². The first-order valence-corrected chi connectivity index (χ1v) is 9.00. The monoisotopic (exact) mass is 362 g/mol. The molecule has 0 saturated heterocycles. The first-order chi connectivity index (χ1) is 11.9. The van der Waals surface area contributed by atoms with Gasteiger partial charge in [-0.3, -0.25) is 4.90 Å².